The monoisotopic (exact) mass is 554 g/mol. The van der Waals surface area contributed by atoms with Gasteiger partial charge in [-0.25, -0.2) is 0 Å². The molecule has 0 bridgehead atoms. The van der Waals surface area contributed by atoms with Crippen LogP contribution in [0.3, 0.4) is 0 Å². The van der Waals surface area contributed by atoms with E-state index in [-0.39, 0.29) is 18.2 Å². The van der Waals surface area contributed by atoms with Gasteiger partial charge in [-0.2, -0.15) is 0 Å². The van der Waals surface area contributed by atoms with Crippen LogP contribution in [0.1, 0.15) is 48.5 Å². The number of hydrogen-bond donors (Lipinski definition) is 2. The molecule has 3 rings (SSSR count). The Morgan fingerprint density at radius 1 is 0.861 bits per heavy atom. The Balaban J connectivity index is 1.59. The van der Waals surface area contributed by atoms with Crippen LogP contribution in [0.25, 0.3) is 0 Å². The van der Waals surface area contributed by atoms with E-state index in [1.165, 1.54) is 19.8 Å². The molecule has 2 amide bonds. The lowest BCUT2D eigenvalue weighted by molar-refractivity contribution is -0.116. The maximum absolute atomic E-state index is 12.6. The summed E-state index contributed by atoms with van der Waals surface area (Å²) in [5.74, 6) is 1.52. The predicted molar refractivity (Wildman–Crippen MR) is 146 cm³/mol. The third-order valence-corrected chi connectivity index (χ3v) is 6.13. The average Bonchev–Trinajstić information content (AvgIpc) is 2.88. The highest BCUT2D eigenvalue weighted by atomic mass is 79.9. The smallest absolute Gasteiger partial charge is 0.255 e. The Labute approximate surface area is 220 Å². The van der Waals surface area contributed by atoms with Gasteiger partial charge in [-0.05, 0) is 58.1 Å². The van der Waals surface area contributed by atoms with Crippen molar-refractivity contribution < 1.29 is 23.8 Å². The molecule has 0 aromatic heterocycles. The third kappa shape index (κ3) is 7.24. The summed E-state index contributed by atoms with van der Waals surface area (Å²) in [5.41, 5.74) is 2.62. The Bertz CT molecular complexity index is 1200. The van der Waals surface area contributed by atoms with Crippen LogP contribution in [0, 0.1) is 0 Å². The van der Waals surface area contributed by atoms with Gasteiger partial charge in [-0.1, -0.05) is 38.1 Å². The lowest BCUT2D eigenvalue weighted by Crippen LogP contribution is -2.15. The molecule has 190 valence electrons. The van der Waals surface area contributed by atoms with Crippen molar-refractivity contribution in [2.24, 2.45) is 0 Å². The van der Waals surface area contributed by atoms with Crippen molar-refractivity contribution in [3.63, 3.8) is 0 Å². The summed E-state index contributed by atoms with van der Waals surface area (Å²) in [7, 11) is 2.99. The fourth-order valence-electron chi connectivity index (χ4n) is 3.50. The number of hydrogen-bond acceptors (Lipinski definition) is 5. The van der Waals surface area contributed by atoms with Crippen molar-refractivity contribution in [2.45, 2.75) is 32.6 Å². The molecule has 7 nitrogen and oxygen atoms in total. The van der Waals surface area contributed by atoms with Crippen LogP contribution in [0.2, 0.25) is 0 Å². The van der Waals surface area contributed by atoms with Gasteiger partial charge in [-0.3, -0.25) is 9.59 Å². The number of carbonyl (C=O) groups excluding carboxylic acids is 2. The van der Waals surface area contributed by atoms with Crippen molar-refractivity contribution in [1.82, 2.24) is 0 Å². The molecule has 0 aliphatic heterocycles. The molecule has 0 saturated carbocycles. The summed E-state index contributed by atoms with van der Waals surface area (Å²) in [6.45, 7) is 4.68. The largest absolute Gasteiger partial charge is 0.494 e. The second kappa shape index (κ2) is 13.0. The fourth-order valence-corrected chi connectivity index (χ4v) is 4.01. The molecular weight excluding hydrogens is 524 g/mol. The second-order valence-corrected chi connectivity index (χ2v) is 9.27. The Morgan fingerprint density at radius 3 is 2.08 bits per heavy atom. The molecule has 8 heteroatoms. The predicted octanol–water partition coefficient (Wildman–Crippen LogP) is 6.64. The van der Waals surface area contributed by atoms with Gasteiger partial charge in [-0.15, -0.1) is 0 Å². The van der Waals surface area contributed by atoms with Gasteiger partial charge >= 0.3 is 0 Å². The number of benzene rings is 3. The number of halogens is 1. The van der Waals surface area contributed by atoms with Crippen LogP contribution < -0.4 is 24.8 Å². The van der Waals surface area contributed by atoms with E-state index in [1.807, 2.05) is 18.2 Å². The van der Waals surface area contributed by atoms with Crippen LogP contribution in [0.5, 0.6) is 17.2 Å². The highest BCUT2D eigenvalue weighted by Crippen LogP contribution is 2.37. The maximum atomic E-state index is 12.6. The molecule has 0 unspecified atom stereocenters. The summed E-state index contributed by atoms with van der Waals surface area (Å²) in [5, 5.41) is 5.68. The van der Waals surface area contributed by atoms with E-state index in [1.54, 1.807) is 36.4 Å². The van der Waals surface area contributed by atoms with E-state index in [0.717, 1.165) is 10.2 Å². The first kappa shape index (κ1) is 27.1. The van der Waals surface area contributed by atoms with Crippen molar-refractivity contribution >= 4 is 39.1 Å². The number of methoxy groups -OCH3 is 2. The molecule has 0 radical (unpaired) electrons. The minimum Gasteiger partial charge on any atom is -0.494 e. The molecule has 0 atom stereocenters. The van der Waals surface area contributed by atoms with Crippen LogP contribution in [-0.2, 0) is 4.79 Å². The second-order valence-electron chi connectivity index (χ2n) is 8.42. The fraction of sp³-hybridized carbons (Fsp3) is 0.286. The topological polar surface area (TPSA) is 85.9 Å². The molecule has 0 aliphatic carbocycles. The molecule has 3 aromatic rings. The van der Waals surface area contributed by atoms with Gasteiger partial charge in [0.05, 0.1) is 36.7 Å². The lowest BCUT2D eigenvalue weighted by Gasteiger charge is -2.16. The number of amides is 2. The molecule has 0 aliphatic rings. The van der Waals surface area contributed by atoms with Gasteiger partial charge in [0.15, 0.2) is 0 Å². The van der Waals surface area contributed by atoms with Gasteiger partial charge in [0.25, 0.3) is 5.91 Å². The zero-order valence-electron chi connectivity index (χ0n) is 20.9. The minimum atomic E-state index is -0.279. The van der Waals surface area contributed by atoms with Gasteiger partial charge in [0.2, 0.25) is 5.91 Å². The SMILES string of the molecule is COc1cc(NC(=O)c2ccccc2)c(OC)cc1NC(=O)CCCOc1ccc(C(C)C)cc1Br. The first-order valence-corrected chi connectivity index (χ1v) is 12.5. The summed E-state index contributed by atoms with van der Waals surface area (Å²) in [4.78, 5) is 25.2. The first-order chi connectivity index (χ1) is 17.3. The van der Waals surface area contributed by atoms with Crippen LogP contribution in [0.4, 0.5) is 11.4 Å². The zero-order chi connectivity index (χ0) is 26.1. The summed E-state index contributed by atoms with van der Waals surface area (Å²) >= 11 is 3.55. The van der Waals surface area contributed by atoms with Gasteiger partial charge in [0, 0.05) is 24.1 Å². The molecule has 0 saturated heterocycles. The number of ether oxygens (including phenoxy) is 3. The quantitative estimate of drug-likeness (QED) is 0.259. The van der Waals surface area contributed by atoms with E-state index < -0.39 is 0 Å². The van der Waals surface area contributed by atoms with Crippen LogP contribution in [-0.4, -0.2) is 32.6 Å². The van der Waals surface area contributed by atoms with Crippen LogP contribution in [0.15, 0.2) is 65.1 Å². The van der Waals surface area contributed by atoms with Gasteiger partial charge in [0.1, 0.15) is 17.2 Å². The molecule has 0 heterocycles. The Morgan fingerprint density at radius 2 is 1.50 bits per heavy atom. The van der Waals surface area contributed by atoms with E-state index in [0.29, 0.717) is 47.4 Å². The number of anilines is 2. The van der Waals surface area contributed by atoms with Gasteiger partial charge < -0.3 is 24.8 Å². The number of nitrogens with one attached hydrogen (secondary N) is 2. The molecule has 0 spiro atoms. The zero-order valence-corrected chi connectivity index (χ0v) is 22.5. The average molecular weight is 555 g/mol. The Kier molecular flexibility index (Phi) is 9.76. The van der Waals surface area contributed by atoms with E-state index in [9.17, 15) is 9.59 Å². The Hall–Kier alpha value is -3.52. The molecule has 3 aromatic carbocycles. The van der Waals surface area contributed by atoms with E-state index in [2.05, 4.69) is 46.5 Å². The first-order valence-electron chi connectivity index (χ1n) is 11.7. The van der Waals surface area contributed by atoms with Crippen molar-refractivity contribution in [1.29, 1.82) is 0 Å². The molecule has 2 N–H and O–H groups in total. The van der Waals surface area contributed by atoms with E-state index in [4.69, 9.17) is 14.2 Å². The highest BCUT2D eigenvalue weighted by molar-refractivity contribution is 9.10. The lowest BCUT2D eigenvalue weighted by atomic mass is 10.0. The summed E-state index contributed by atoms with van der Waals surface area (Å²) in [6.07, 6.45) is 0.800. The normalized spacial score (nSPS) is 10.6. The van der Waals surface area contributed by atoms with Crippen molar-refractivity contribution in [3.8, 4) is 17.2 Å². The number of rotatable bonds is 11. The highest BCUT2D eigenvalue weighted by Gasteiger charge is 2.16. The molecule has 36 heavy (non-hydrogen) atoms. The van der Waals surface area contributed by atoms with Crippen molar-refractivity contribution in [2.75, 3.05) is 31.5 Å². The minimum absolute atomic E-state index is 0.186. The maximum Gasteiger partial charge on any atom is 0.255 e. The van der Waals surface area contributed by atoms with Crippen LogP contribution >= 0.6 is 15.9 Å². The summed E-state index contributed by atoms with van der Waals surface area (Å²) in [6, 6.07) is 18.1. The van der Waals surface area contributed by atoms with E-state index >= 15 is 0 Å². The standard InChI is InChI=1S/C28H31BrN2O5/c1-18(2)20-12-13-24(21(29)15-20)36-14-8-11-27(32)30-22-16-26(35-4)23(17-25(22)34-3)31-28(33)19-9-6-5-7-10-19/h5-7,9-10,12-13,15-18H,8,11,14H2,1-4H3,(H,30,32)(H,31,33). The molecule has 0 fully saturated rings. The number of carbonyl (C=O) groups is 2. The summed E-state index contributed by atoms with van der Waals surface area (Å²) < 4.78 is 17.6. The molecular formula is C28H31BrN2O5. The third-order valence-electron chi connectivity index (χ3n) is 5.51. The van der Waals surface area contributed by atoms with Crippen molar-refractivity contribution in [3.05, 3.63) is 76.3 Å².